The molecule has 0 bridgehead atoms. The number of benzene rings is 1. The maximum absolute atomic E-state index is 11.9. The monoisotopic (exact) mass is 288 g/mol. The van der Waals surface area contributed by atoms with E-state index in [1.807, 2.05) is 24.3 Å². The number of nitrogens with zero attached hydrogens (tertiary/aromatic N) is 1. The molecule has 1 aliphatic rings. The van der Waals surface area contributed by atoms with E-state index in [0.29, 0.717) is 0 Å². The van der Waals surface area contributed by atoms with Crippen molar-refractivity contribution in [1.29, 1.82) is 0 Å². The van der Waals surface area contributed by atoms with Crippen molar-refractivity contribution < 1.29 is 9.53 Å². The number of piperidine rings is 1. The minimum Gasteiger partial charge on any atom is -0.497 e. The first-order valence-electron chi connectivity index (χ1n) is 7.51. The third-order valence-electron chi connectivity index (χ3n) is 3.93. The highest BCUT2D eigenvalue weighted by Crippen LogP contribution is 2.17. The van der Waals surface area contributed by atoms with Crippen molar-refractivity contribution in [2.75, 3.05) is 27.2 Å². The van der Waals surface area contributed by atoms with E-state index in [4.69, 9.17) is 4.74 Å². The van der Waals surface area contributed by atoms with Gasteiger partial charge in [-0.05, 0) is 37.1 Å². The highest BCUT2D eigenvalue weighted by atomic mass is 16.5. The first-order valence-corrected chi connectivity index (χ1v) is 7.51. The molecule has 1 aromatic carbocycles. The zero-order valence-electron chi connectivity index (χ0n) is 12.8. The number of likely N-dealkylation sites (tertiary alicyclic amines) is 1. The molecule has 0 spiro atoms. The lowest BCUT2D eigenvalue weighted by Gasteiger charge is -2.33. The second-order valence-corrected chi connectivity index (χ2v) is 5.30. The molecule has 1 unspecified atom stereocenters. The summed E-state index contributed by atoms with van der Waals surface area (Å²) in [6.07, 6.45) is 7.48. The Hall–Kier alpha value is -1.81. The molecule has 21 heavy (non-hydrogen) atoms. The van der Waals surface area contributed by atoms with Crippen LogP contribution in [0.4, 0.5) is 0 Å². The normalized spacial score (nSPS) is 19.6. The molecular formula is C17H24N2O2. The molecule has 1 N–H and O–H groups in total. The first kappa shape index (κ1) is 15.6. The summed E-state index contributed by atoms with van der Waals surface area (Å²) < 4.78 is 5.14. The van der Waals surface area contributed by atoms with Crippen molar-refractivity contribution in [1.82, 2.24) is 10.2 Å². The molecule has 1 aliphatic heterocycles. The highest BCUT2D eigenvalue weighted by Gasteiger charge is 2.26. The van der Waals surface area contributed by atoms with Crippen LogP contribution in [0.3, 0.4) is 0 Å². The Morgan fingerprint density at radius 1 is 1.38 bits per heavy atom. The summed E-state index contributed by atoms with van der Waals surface area (Å²) >= 11 is 0. The molecule has 0 saturated carbocycles. The number of hydrogen-bond donors (Lipinski definition) is 1. The van der Waals surface area contributed by atoms with E-state index in [0.717, 1.165) is 37.2 Å². The van der Waals surface area contributed by atoms with Gasteiger partial charge in [0.25, 0.3) is 0 Å². The molecule has 4 nitrogen and oxygen atoms in total. The van der Waals surface area contributed by atoms with Crippen LogP contribution >= 0.6 is 0 Å². The molecule has 4 heteroatoms. The summed E-state index contributed by atoms with van der Waals surface area (Å²) in [6, 6.07) is 7.98. The van der Waals surface area contributed by atoms with E-state index in [1.54, 1.807) is 14.2 Å². The van der Waals surface area contributed by atoms with Gasteiger partial charge in [0.15, 0.2) is 0 Å². The van der Waals surface area contributed by atoms with Gasteiger partial charge in [-0.15, -0.1) is 0 Å². The van der Waals surface area contributed by atoms with E-state index in [9.17, 15) is 4.79 Å². The van der Waals surface area contributed by atoms with E-state index in [1.165, 1.54) is 6.42 Å². The molecule has 1 amide bonds. The van der Waals surface area contributed by atoms with Gasteiger partial charge >= 0.3 is 0 Å². The summed E-state index contributed by atoms with van der Waals surface area (Å²) in [4.78, 5) is 14.1. The Balaban J connectivity index is 1.93. The molecule has 1 saturated heterocycles. The van der Waals surface area contributed by atoms with Crippen LogP contribution in [0.15, 0.2) is 30.3 Å². The number of nitrogens with one attached hydrogen (secondary N) is 1. The van der Waals surface area contributed by atoms with Gasteiger partial charge in [-0.25, -0.2) is 0 Å². The van der Waals surface area contributed by atoms with Crippen LogP contribution in [0.5, 0.6) is 5.75 Å². The number of carbonyl (C=O) groups is 1. The third kappa shape index (κ3) is 4.33. The minimum atomic E-state index is 0.0178. The second kappa shape index (κ2) is 7.84. The lowest BCUT2D eigenvalue weighted by Crippen LogP contribution is -2.48. The van der Waals surface area contributed by atoms with Crippen LogP contribution in [-0.4, -0.2) is 44.1 Å². The summed E-state index contributed by atoms with van der Waals surface area (Å²) in [5, 5.41) is 2.77. The highest BCUT2D eigenvalue weighted by molar-refractivity contribution is 5.81. The van der Waals surface area contributed by atoms with Gasteiger partial charge in [0.1, 0.15) is 5.75 Å². The van der Waals surface area contributed by atoms with Crippen LogP contribution in [0.1, 0.15) is 24.8 Å². The van der Waals surface area contributed by atoms with Crippen molar-refractivity contribution >= 4 is 12.0 Å². The molecule has 2 rings (SSSR count). The lowest BCUT2D eigenvalue weighted by atomic mass is 10.0. The van der Waals surface area contributed by atoms with E-state index >= 15 is 0 Å². The fraction of sp³-hybridized carbons (Fsp3) is 0.471. The van der Waals surface area contributed by atoms with Gasteiger partial charge in [-0.2, -0.15) is 0 Å². The Labute approximate surface area is 126 Å². The standard InChI is InChI=1S/C17H24N2O2/c1-18-17(20)16-7-3-4-12-19(16)13-5-6-14-8-10-15(21-2)11-9-14/h5-6,8-11,16H,3-4,7,12-13H2,1-2H3,(H,18,20). The summed E-state index contributed by atoms with van der Waals surface area (Å²) in [7, 11) is 3.38. The molecule has 1 heterocycles. The number of methoxy groups -OCH3 is 1. The van der Waals surface area contributed by atoms with E-state index < -0.39 is 0 Å². The lowest BCUT2D eigenvalue weighted by molar-refractivity contribution is -0.126. The van der Waals surface area contributed by atoms with Gasteiger partial charge in [0.05, 0.1) is 13.2 Å². The number of likely N-dealkylation sites (N-methyl/N-ethyl adjacent to an activating group) is 1. The number of amides is 1. The molecule has 0 aromatic heterocycles. The number of hydrogen-bond acceptors (Lipinski definition) is 3. The summed E-state index contributed by atoms with van der Waals surface area (Å²) in [5.41, 5.74) is 1.14. The van der Waals surface area contributed by atoms with E-state index in [-0.39, 0.29) is 11.9 Å². The minimum absolute atomic E-state index is 0.0178. The van der Waals surface area contributed by atoms with Crippen LogP contribution in [0.2, 0.25) is 0 Å². The Kier molecular flexibility index (Phi) is 5.81. The van der Waals surface area contributed by atoms with Crippen LogP contribution < -0.4 is 10.1 Å². The molecule has 1 aromatic rings. The fourth-order valence-electron chi connectivity index (χ4n) is 2.71. The zero-order chi connectivity index (χ0) is 15.1. The first-order chi connectivity index (χ1) is 10.2. The fourth-order valence-corrected chi connectivity index (χ4v) is 2.71. The Bertz CT molecular complexity index is 482. The van der Waals surface area contributed by atoms with Gasteiger partial charge in [-0.3, -0.25) is 9.69 Å². The van der Waals surface area contributed by atoms with Crippen molar-refractivity contribution in [3.8, 4) is 5.75 Å². The quantitative estimate of drug-likeness (QED) is 0.904. The number of carbonyl (C=O) groups excluding carboxylic acids is 1. The predicted octanol–water partition coefficient (Wildman–Crippen LogP) is 2.31. The van der Waals surface area contributed by atoms with Gasteiger partial charge < -0.3 is 10.1 Å². The molecule has 1 fully saturated rings. The maximum Gasteiger partial charge on any atom is 0.237 e. The van der Waals surface area contributed by atoms with Crippen molar-refractivity contribution in [2.45, 2.75) is 25.3 Å². The smallest absolute Gasteiger partial charge is 0.237 e. The number of ether oxygens (including phenoxy) is 1. The molecule has 0 radical (unpaired) electrons. The second-order valence-electron chi connectivity index (χ2n) is 5.30. The SMILES string of the molecule is CNC(=O)C1CCCCN1CC=Cc1ccc(OC)cc1. The third-order valence-corrected chi connectivity index (χ3v) is 3.93. The van der Waals surface area contributed by atoms with Crippen molar-refractivity contribution in [2.24, 2.45) is 0 Å². The molecule has 0 aliphatic carbocycles. The van der Waals surface area contributed by atoms with Crippen LogP contribution in [0, 0.1) is 0 Å². The molecule has 114 valence electrons. The molecule has 1 atom stereocenters. The largest absolute Gasteiger partial charge is 0.497 e. The summed E-state index contributed by atoms with van der Waals surface area (Å²) in [6.45, 7) is 1.80. The van der Waals surface area contributed by atoms with Gasteiger partial charge in [-0.1, -0.05) is 30.7 Å². The summed E-state index contributed by atoms with van der Waals surface area (Å²) in [5.74, 6) is 0.996. The zero-order valence-corrected chi connectivity index (χ0v) is 12.8. The topological polar surface area (TPSA) is 41.6 Å². The van der Waals surface area contributed by atoms with Crippen molar-refractivity contribution in [3.63, 3.8) is 0 Å². The van der Waals surface area contributed by atoms with Crippen LogP contribution in [0.25, 0.3) is 6.08 Å². The Morgan fingerprint density at radius 3 is 2.81 bits per heavy atom. The van der Waals surface area contributed by atoms with Crippen LogP contribution in [-0.2, 0) is 4.79 Å². The molecular weight excluding hydrogens is 264 g/mol. The van der Waals surface area contributed by atoms with Gasteiger partial charge in [0.2, 0.25) is 5.91 Å². The van der Waals surface area contributed by atoms with Gasteiger partial charge in [0, 0.05) is 13.6 Å². The van der Waals surface area contributed by atoms with Crippen molar-refractivity contribution in [3.05, 3.63) is 35.9 Å². The average Bonchev–Trinajstić information content (AvgIpc) is 2.55. The maximum atomic E-state index is 11.9. The number of rotatable bonds is 5. The predicted molar refractivity (Wildman–Crippen MR) is 85.3 cm³/mol. The Morgan fingerprint density at radius 2 is 2.14 bits per heavy atom. The van der Waals surface area contributed by atoms with E-state index in [2.05, 4.69) is 22.4 Å². The average molecular weight is 288 g/mol.